The first kappa shape index (κ1) is 12.3. The minimum absolute atomic E-state index is 0.134. The van der Waals surface area contributed by atoms with E-state index in [2.05, 4.69) is 4.98 Å². The normalized spacial score (nSPS) is 11.9. The zero-order valence-electron chi connectivity index (χ0n) is 9.47. The van der Waals surface area contributed by atoms with Crippen LogP contribution in [0.15, 0.2) is 32.7 Å². The Labute approximate surface area is 105 Å². The number of aliphatic carboxylic acids is 1. The summed E-state index contributed by atoms with van der Waals surface area (Å²) < 4.78 is 1.81. The third-order valence-corrected chi connectivity index (χ3v) is 3.29. The van der Waals surface area contributed by atoms with Crippen molar-refractivity contribution in [2.24, 2.45) is 0 Å². The van der Waals surface area contributed by atoms with E-state index in [1.807, 2.05) is 0 Å². The van der Waals surface area contributed by atoms with Gasteiger partial charge in [-0.1, -0.05) is 0 Å². The molecule has 2 rings (SSSR count). The number of carboxylic acids is 1. The van der Waals surface area contributed by atoms with Gasteiger partial charge in [-0.2, -0.15) is 0 Å². The van der Waals surface area contributed by atoms with Crippen LogP contribution >= 0.6 is 11.3 Å². The molecule has 0 bridgehead atoms. The van der Waals surface area contributed by atoms with Crippen LogP contribution in [0.5, 0.6) is 0 Å². The van der Waals surface area contributed by atoms with Crippen molar-refractivity contribution in [2.45, 2.75) is 13.5 Å². The summed E-state index contributed by atoms with van der Waals surface area (Å²) >= 11 is 1.24. The van der Waals surface area contributed by atoms with Crippen LogP contribution in [0.4, 0.5) is 0 Å². The second kappa shape index (κ2) is 4.61. The van der Waals surface area contributed by atoms with Crippen molar-refractivity contribution in [1.82, 2.24) is 9.55 Å². The van der Waals surface area contributed by atoms with Gasteiger partial charge in [-0.15, -0.1) is 11.3 Å². The largest absolute Gasteiger partial charge is 0.478 e. The molecule has 2 heterocycles. The molecule has 0 aliphatic heterocycles. The first-order chi connectivity index (χ1) is 8.49. The first-order valence-electron chi connectivity index (χ1n) is 5.09. The molecule has 0 aromatic carbocycles. The van der Waals surface area contributed by atoms with E-state index >= 15 is 0 Å². The number of aromatic amines is 1. The molecule has 2 aromatic rings. The minimum Gasteiger partial charge on any atom is -0.478 e. The van der Waals surface area contributed by atoms with Gasteiger partial charge in [-0.05, 0) is 23.9 Å². The fraction of sp³-hybridized carbons (Fsp3) is 0.182. The van der Waals surface area contributed by atoms with Gasteiger partial charge in [-0.25, -0.2) is 9.59 Å². The number of fused-ring (bicyclic) bond motifs is 1. The maximum absolute atomic E-state index is 11.7. The van der Waals surface area contributed by atoms with Crippen LogP contribution in [0, 0.1) is 0 Å². The van der Waals surface area contributed by atoms with E-state index in [-0.39, 0.29) is 6.54 Å². The fourth-order valence-corrected chi connectivity index (χ4v) is 2.47. The van der Waals surface area contributed by atoms with Gasteiger partial charge in [0.15, 0.2) is 0 Å². The highest BCUT2D eigenvalue weighted by atomic mass is 32.1. The molecule has 94 valence electrons. The zero-order valence-corrected chi connectivity index (χ0v) is 10.3. The Bertz CT molecular complexity index is 750. The van der Waals surface area contributed by atoms with Crippen molar-refractivity contribution in [2.75, 3.05) is 0 Å². The molecule has 0 atom stereocenters. The molecule has 0 saturated heterocycles. The summed E-state index contributed by atoms with van der Waals surface area (Å²) in [6, 6.07) is 1.67. The molecule has 0 unspecified atom stereocenters. The highest BCUT2D eigenvalue weighted by Crippen LogP contribution is 2.15. The van der Waals surface area contributed by atoms with Crippen molar-refractivity contribution in [3.63, 3.8) is 0 Å². The fourth-order valence-electron chi connectivity index (χ4n) is 1.68. The van der Waals surface area contributed by atoms with E-state index in [0.29, 0.717) is 15.8 Å². The molecule has 2 N–H and O–H groups in total. The number of aromatic nitrogens is 2. The van der Waals surface area contributed by atoms with E-state index in [4.69, 9.17) is 5.11 Å². The van der Waals surface area contributed by atoms with E-state index in [9.17, 15) is 14.4 Å². The van der Waals surface area contributed by atoms with Crippen LogP contribution in [0.2, 0.25) is 0 Å². The van der Waals surface area contributed by atoms with Crippen molar-refractivity contribution in [1.29, 1.82) is 0 Å². The number of carbonyl (C=O) groups is 1. The third-order valence-electron chi connectivity index (χ3n) is 2.38. The Kier molecular flexibility index (Phi) is 3.15. The lowest BCUT2D eigenvalue weighted by atomic mass is 10.2. The predicted octanol–water partition coefficient (Wildman–Crippen LogP) is 0.782. The van der Waals surface area contributed by atoms with Crippen molar-refractivity contribution >= 4 is 27.5 Å². The van der Waals surface area contributed by atoms with E-state index in [0.717, 1.165) is 6.08 Å². The molecule has 0 radical (unpaired) electrons. The maximum atomic E-state index is 11.7. The van der Waals surface area contributed by atoms with Crippen molar-refractivity contribution in [3.05, 3.63) is 43.9 Å². The second-order valence-electron chi connectivity index (χ2n) is 3.81. The number of rotatable bonds is 3. The van der Waals surface area contributed by atoms with Gasteiger partial charge in [0, 0.05) is 12.6 Å². The molecular weight excluding hydrogens is 256 g/mol. The Morgan fingerprint density at radius 3 is 2.94 bits per heavy atom. The molecule has 0 spiro atoms. The van der Waals surface area contributed by atoms with Crippen LogP contribution < -0.4 is 11.2 Å². The highest BCUT2D eigenvalue weighted by molar-refractivity contribution is 7.17. The lowest BCUT2D eigenvalue weighted by molar-refractivity contribution is -0.131. The number of nitrogens with zero attached hydrogens (tertiary/aromatic N) is 1. The zero-order chi connectivity index (χ0) is 13.3. The Morgan fingerprint density at radius 1 is 1.56 bits per heavy atom. The average molecular weight is 266 g/mol. The van der Waals surface area contributed by atoms with Gasteiger partial charge < -0.3 is 5.11 Å². The van der Waals surface area contributed by atoms with E-state index in [1.165, 1.54) is 15.9 Å². The Balaban J connectivity index is 2.58. The topological polar surface area (TPSA) is 92.2 Å². The number of nitrogens with one attached hydrogen (secondary N) is 1. The van der Waals surface area contributed by atoms with Crippen LogP contribution in [0.1, 0.15) is 6.92 Å². The molecule has 6 nitrogen and oxygen atoms in total. The number of thiophene rings is 1. The van der Waals surface area contributed by atoms with Crippen molar-refractivity contribution < 1.29 is 9.90 Å². The quantitative estimate of drug-likeness (QED) is 0.803. The molecule has 18 heavy (non-hydrogen) atoms. The van der Waals surface area contributed by atoms with Crippen LogP contribution in [0.3, 0.4) is 0 Å². The minimum atomic E-state index is -1.06. The lowest BCUT2D eigenvalue weighted by Gasteiger charge is -2.06. The molecule has 7 heteroatoms. The highest BCUT2D eigenvalue weighted by Gasteiger charge is 2.08. The number of allylic oxidation sites excluding steroid dienone is 1. The number of carboxylic acid groups (broad SMARTS) is 1. The number of H-pyrrole nitrogens is 1. The summed E-state index contributed by atoms with van der Waals surface area (Å²) in [5.74, 6) is -1.06. The monoisotopic (exact) mass is 266 g/mol. The van der Waals surface area contributed by atoms with Gasteiger partial charge in [0.25, 0.3) is 5.56 Å². The van der Waals surface area contributed by atoms with Gasteiger partial charge in [0.05, 0.1) is 5.52 Å². The van der Waals surface area contributed by atoms with Gasteiger partial charge in [0.2, 0.25) is 0 Å². The van der Waals surface area contributed by atoms with E-state index in [1.54, 1.807) is 18.4 Å². The second-order valence-corrected chi connectivity index (χ2v) is 4.73. The summed E-state index contributed by atoms with van der Waals surface area (Å²) in [6.07, 6.45) is 1.04. The van der Waals surface area contributed by atoms with E-state index < -0.39 is 17.2 Å². The SMILES string of the molecule is C/C(=C/C(=O)O)Cn1c(=O)[nH]c(=O)c2sccc21. The maximum Gasteiger partial charge on any atom is 0.329 e. The lowest BCUT2D eigenvalue weighted by Crippen LogP contribution is -2.30. The molecule has 0 aliphatic carbocycles. The summed E-state index contributed by atoms with van der Waals surface area (Å²) in [4.78, 5) is 36.0. The first-order valence-corrected chi connectivity index (χ1v) is 5.97. The van der Waals surface area contributed by atoms with Crippen LogP contribution in [-0.4, -0.2) is 20.6 Å². The number of hydrogen-bond donors (Lipinski definition) is 2. The van der Waals surface area contributed by atoms with Crippen molar-refractivity contribution in [3.8, 4) is 0 Å². The molecule has 0 aliphatic rings. The third kappa shape index (κ3) is 2.25. The smallest absolute Gasteiger partial charge is 0.329 e. The van der Waals surface area contributed by atoms with Crippen LogP contribution in [0.25, 0.3) is 10.2 Å². The molecular formula is C11H10N2O4S. The van der Waals surface area contributed by atoms with Gasteiger partial charge >= 0.3 is 11.7 Å². The Hall–Kier alpha value is -2.15. The Morgan fingerprint density at radius 2 is 2.28 bits per heavy atom. The molecule has 0 saturated carbocycles. The number of hydrogen-bond acceptors (Lipinski definition) is 4. The average Bonchev–Trinajstić information content (AvgIpc) is 2.72. The predicted molar refractivity (Wildman–Crippen MR) is 68.1 cm³/mol. The summed E-state index contributed by atoms with van der Waals surface area (Å²) in [5, 5.41) is 10.3. The summed E-state index contributed by atoms with van der Waals surface area (Å²) in [7, 11) is 0. The molecule has 0 amide bonds. The summed E-state index contributed by atoms with van der Waals surface area (Å²) in [5.41, 5.74) is 0.0844. The standard InChI is InChI=1S/C11H10N2O4S/c1-6(4-8(14)15)5-13-7-2-3-18-9(7)10(16)12-11(13)17/h2-4H,5H2,1H3,(H,14,15)(H,12,16,17)/b6-4-. The van der Waals surface area contributed by atoms with Gasteiger partial charge in [-0.3, -0.25) is 14.3 Å². The molecule has 2 aromatic heterocycles. The van der Waals surface area contributed by atoms with Crippen LogP contribution in [-0.2, 0) is 11.3 Å². The summed E-state index contributed by atoms with van der Waals surface area (Å²) in [6.45, 7) is 1.75. The molecule has 0 fully saturated rings. The van der Waals surface area contributed by atoms with Gasteiger partial charge in [0.1, 0.15) is 4.70 Å².